The van der Waals surface area contributed by atoms with Crippen LogP contribution in [0.5, 0.6) is 11.5 Å². The molecule has 162 valence electrons. The van der Waals surface area contributed by atoms with Crippen molar-refractivity contribution in [2.45, 2.75) is 13.0 Å². The van der Waals surface area contributed by atoms with Crippen molar-refractivity contribution in [2.75, 3.05) is 49.0 Å². The molecule has 2 aromatic carbocycles. The van der Waals surface area contributed by atoms with Crippen molar-refractivity contribution in [1.82, 2.24) is 15.1 Å². The molecule has 0 aromatic heterocycles. The molecule has 0 heterocycles. The molecule has 1 amide bonds. The second-order valence-corrected chi connectivity index (χ2v) is 7.16. The minimum Gasteiger partial charge on any atom is -0.497 e. The number of methoxy groups -OCH3 is 2. The Morgan fingerprint density at radius 3 is 2.47 bits per heavy atom. The first kappa shape index (κ1) is 23.1. The molecule has 0 fully saturated rings. The van der Waals surface area contributed by atoms with Crippen LogP contribution in [0.4, 0.5) is 0 Å². The summed E-state index contributed by atoms with van der Waals surface area (Å²) in [5.74, 6) is 2.33. The van der Waals surface area contributed by atoms with Crippen molar-refractivity contribution in [3.05, 3.63) is 59.2 Å². The largest absolute Gasteiger partial charge is 0.497 e. The summed E-state index contributed by atoms with van der Waals surface area (Å²) in [6.45, 7) is 1.34. The summed E-state index contributed by atoms with van der Waals surface area (Å²) < 4.78 is 10.8. The molecule has 0 spiro atoms. The topological polar surface area (TPSA) is 66.4 Å². The number of amides is 1. The van der Waals surface area contributed by atoms with E-state index in [-0.39, 0.29) is 5.91 Å². The number of aliphatic imine (C=N–C) groups is 1. The molecule has 0 atom stereocenters. The van der Waals surface area contributed by atoms with E-state index in [1.807, 2.05) is 54.4 Å². The molecular weight excluding hydrogens is 380 g/mol. The maximum Gasteiger partial charge on any atom is 0.253 e. The minimum atomic E-state index is 0.00814. The predicted octanol–water partition coefficient (Wildman–Crippen LogP) is 2.66. The van der Waals surface area contributed by atoms with E-state index in [1.54, 1.807) is 40.3 Å². The van der Waals surface area contributed by atoms with Crippen LogP contribution >= 0.6 is 0 Å². The third-order valence-electron chi connectivity index (χ3n) is 4.75. The zero-order valence-corrected chi connectivity index (χ0v) is 18.7. The number of carbonyl (C=O) groups excluding carboxylic acids is 1. The molecule has 0 saturated heterocycles. The maximum atomic E-state index is 12.1. The molecule has 30 heavy (non-hydrogen) atoms. The first-order valence-corrected chi connectivity index (χ1v) is 9.82. The van der Waals surface area contributed by atoms with Gasteiger partial charge < -0.3 is 24.6 Å². The zero-order valence-electron chi connectivity index (χ0n) is 18.7. The van der Waals surface area contributed by atoms with Gasteiger partial charge in [-0.2, -0.15) is 0 Å². The van der Waals surface area contributed by atoms with Gasteiger partial charge in [0.2, 0.25) is 0 Å². The number of benzene rings is 2. The van der Waals surface area contributed by atoms with Crippen LogP contribution < -0.4 is 14.8 Å². The number of nitrogens with zero attached hydrogens (tertiary/aromatic N) is 3. The molecule has 0 aliphatic carbocycles. The smallest absolute Gasteiger partial charge is 0.253 e. The monoisotopic (exact) mass is 412 g/mol. The van der Waals surface area contributed by atoms with Gasteiger partial charge >= 0.3 is 0 Å². The van der Waals surface area contributed by atoms with E-state index >= 15 is 0 Å². The van der Waals surface area contributed by atoms with Gasteiger partial charge in [-0.15, -0.1) is 0 Å². The van der Waals surface area contributed by atoms with E-state index in [0.29, 0.717) is 18.7 Å². The van der Waals surface area contributed by atoms with E-state index in [0.717, 1.165) is 35.0 Å². The van der Waals surface area contributed by atoms with Crippen molar-refractivity contribution in [2.24, 2.45) is 4.99 Å². The molecule has 2 rings (SSSR count). The zero-order chi connectivity index (χ0) is 22.1. The predicted molar refractivity (Wildman–Crippen MR) is 121 cm³/mol. The number of hydrogen-bond donors (Lipinski definition) is 1. The SMILES string of the molecule is CN=C(NCCc1cccc(C(=O)N(C)C)c1)N(C)Cc1ccc(OC)cc1OC. The van der Waals surface area contributed by atoms with Crippen molar-refractivity contribution in [3.63, 3.8) is 0 Å². The molecule has 0 aliphatic heterocycles. The van der Waals surface area contributed by atoms with Crippen LogP contribution in [-0.4, -0.2) is 70.6 Å². The van der Waals surface area contributed by atoms with E-state index in [4.69, 9.17) is 9.47 Å². The Morgan fingerprint density at radius 2 is 1.83 bits per heavy atom. The van der Waals surface area contributed by atoms with Gasteiger partial charge in [0.15, 0.2) is 5.96 Å². The summed E-state index contributed by atoms with van der Waals surface area (Å²) in [4.78, 5) is 20.1. The van der Waals surface area contributed by atoms with Crippen LogP contribution in [0.1, 0.15) is 21.5 Å². The highest BCUT2D eigenvalue weighted by atomic mass is 16.5. The van der Waals surface area contributed by atoms with Crippen LogP contribution in [0, 0.1) is 0 Å². The quantitative estimate of drug-likeness (QED) is 0.533. The summed E-state index contributed by atoms with van der Waals surface area (Å²) in [6, 6.07) is 13.5. The lowest BCUT2D eigenvalue weighted by Gasteiger charge is -2.23. The maximum absolute atomic E-state index is 12.1. The van der Waals surface area contributed by atoms with E-state index in [9.17, 15) is 4.79 Å². The number of guanidine groups is 1. The standard InChI is InChI=1S/C23H32N4O3/c1-24-23(27(4)16-19-10-11-20(29-5)15-21(19)30-6)25-13-12-17-8-7-9-18(14-17)22(28)26(2)3/h7-11,14-15H,12-13,16H2,1-6H3,(H,24,25). The molecule has 0 bridgehead atoms. The Labute approximate surface area is 179 Å². The highest BCUT2D eigenvalue weighted by Gasteiger charge is 2.12. The molecule has 0 unspecified atom stereocenters. The molecule has 7 nitrogen and oxygen atoms in total. The van der Waals surface area contributed by atoms with Crippen LogP contribution in [-0.2, 0) is 13.0 Å². The number of nitrogens with one attached hydrogen (secondary N) is 1. The lowest BCUT2D eigenvalue weighted by Crippen LogP contribution is -2.39. The molecule has 0 radical (unpaired) electrons. The second kappa shape index (κ2) is 11.1. The Bertz CT molecular complexity index is 881. The van der Waals surface area contributed by atoms with Gasteiger partial charge in [-0.25, -0.2) is 0 Å². The van der Waals surface area contributed by atoms with Crippen molar-refractivity contribution in [3.8, 4) is 11.5 Å². The number of rotatable bonds is 8. The average Bonchev–Trinajstić information content (AvgIpc) is 2.76. The first-order chi connectivity index (χ1) is 14.4. The summed E-state index contributed by atoms with van der Waals surface area (Å²) >= 11 is 0. The van der Waals surface area contributed by atoms with Gasteiger partial charge in [0.05, 0.1) is 14.2 Å². The lowest BCUT2D eigenvalue weighted by atomic mass is 10.1. The van der Waals surface area contributed by atoms with Crippen LogP contribution in [0.2, 0.25) is 0 Å². The number of carbonyl (C=O) groups is 1. The molecule has 1 N–H and O–H groups in total. The normalized spacial score (nSPS) is 11.1. The van der Waals surface area contributed by atoms with Crippen molar-refractivity contribution < 1.29 is 14.3 Å². The third kappa shape index (κ3) is 6.14. The van der Waals surface area contributed by atoms with Gasteiger partial charge in [0.1, 0.15) is 11.5 Å². The fourth-order valence-electron chi connectivity index (χ4n) is 3.13. The highest BCUT2D eigenvalue weighted by Crippen LogP contribution is 2.25. The molecule has 0 aliphatic rings. The summed E-state index contributed by atoms with van der Waals surface area (Å²) in [5.41, 5.74) is 2.84. The summed E-state index contributed by atoms with van der Waals surface area (Å²) in [5, 5.41) is 3.38. The highest BCUT2D eigenvalue weighted by molar-refractivity contribution is 5.94. The molecule has 7 heteroatoms. The van der Waals surface area contributed by atoms with E-state index in [1.165, 1.54) is 0 Å². The van der Waals surface area contributed by atoms with Crippen LogP contribution in [0.25, 0.3) is 0 Å². The first-order valence-electron chi connectivity index (χ1n) is 9.82. The number of hydrogen-bond acceptors (Lipinski definition) is 4. The lowest BCUT2D eigenvalue weighted by molar-refractivity contribution is 0.0827. The van der Waals surface area contributed by atoms with E-state index < -0.39 is 0 Å². The van der Waals surface area contributed by atoms with Crippen molar-refractivity contribution >= 4 is 11.9 Å². The van der Waals surface area contributed by atoms with E-state index in [2.05, 4.69) is 10.3 Å². The van der Waals surface area contributed by atoms with Gasteiger partial charge in [-0.3, -0.25) is 9.79 Å². The van der Waals surface area contributed by atoms with Gasteiger partial charge in [-0.1, -0.05) is 12.1 Å². The van der Waals surface area contributed by atoms with Crippen LogP contribution in [0.3, 0.4) is 0 Å². The summed E-state index contributed by atoms with van der Waals surface area (Å²) in [6.07, 6.45) is 0.785. The Hall–Kier alpha value is -3.22. The van der Waals surface area contributed by atoms with Gasteiger partial charge in [0, 0.05) is 58.5 Å². The Morgan fingerprint density at radius 1 is 1.07 bits per heavy atom. The Kier molecular flexibility index (Phi) is 8.53. The van der Waals surface area contributed by atoms with Gasteiger partial charge in [0.25, 0.3) is 5.91 Å². The average molecular weight is 413 g/mol. The summed E-state index contributed by atoms with van der Waals surface area (Å²) in [7, 11) is 10.6. The Balaban J connectivity index is 1.96. The van der Waals surface area contributed by atoms with Gasteiger partial charge in [-0.05, 0) is 36.2 Å². The third-order valence-corrected chi connectivity index (χ3v) is 4.75. The van der Waals surface area contributed by atoms with Crippen LogP contribution in [0.15, 0.2) is 47.5 Å². The molecule has 2 aromatic rings. The fraction of sp³-hybridized carbons (Fsp3) is 0.391. The fourth-order valence-corrected chi connectivity index (χ4v) is 3.13. The minimum absolute atomic E-state index is 0.00814. The second-order valence-electron chi connectivity index (χ2n) is 7.16. The van der Waals surface area contributed by atoms with Crippen molar-refractivity contribution in [1.29, 1.82) is 0 Å². The number of ether oxygens (including phenoxy) is 2. The molecule has 0 saturated carbocycles. The molecular formula is C23H32N4O3.